The van der Waals surface area contributed by atoms with Crippen LogP contribution >= 0.6 is 0 Å². The molecule has 1 aromatic carbocycles. The Labute approximate surface area is 209 Å². The molecule has 1 N–H and O–H groups in total. The SMILES string of the molecule is CCCCOC(=O)OC(C)OC(=O)[C@@H]1N2C(=O)[C@@H](NC(=O)OCc3ccccc3)[C@H]2S(=O)(=O)C1(C)C. The van der Waals surface area contributed by atoms with Crippen molar-refractivity contribution in [2.75, 3.05) is 6.61 Å². The van der Waals surface area contributed by atoms with Gasteiger partial charge in [0, 0.05) is 6.92 Å². The van der Waals surface area contributed by atoms with E-state index in [1.54, 1.807) is 30.3 Å². The van der Waals surface area contributed by atoms with Crippen LogP contribution in [0.25, 0.3) is 0 Å². The molecule has 0 aromatic heterocycles. The monoisotopic (exact) mass is 526 g/mol. The van der Waals surface area contributed by atoms with E-state index in [-0.39, 0.29) is 13.2 Å². The molecule has 2 aliphatic heterocycles. The van der Waals surface area contributed by atoms with Crippen molar-refractivity contribution < 1.29 is 46.5 Å². The summed E-state index contributed by atoms with van der Waals surface area (Å²) in [6, 6.07) is 5.86. The second-order valence-electron chi connectivity index (χ2n) is 8.95. The Morgan fingerprint density at radius 2 is 1.78 bits per heavy atom. The maximum absolute atomic E-state index is 13.2. The number of fused-ring (bicyclic) bond motifs is 1. The summed E-state index contributed by atoms with van der Waals surface area (Å²) >= 11 is 0. The van der Waals surface area contributed by atoms with Gasteiger partial charge in [-0.15, -0.1) is 0 Å². The predicted molar refractivity (Wildman–Crippen MR) is 124 cm³/mol. The van der Waals surface area contributed by atoms with Crippen LogP contribution in [0.2, 0.25) is 0 Å². The minimum absolute atomic E-state index is 0.0755. The van der Waals surface area contributed by atoms with Crippen molar-refractivity contribution in [2.45, 2.75) is 75.6 Å². The van der Waals surface area contributed by atoms with Crippen molar-refractivity contribution in [1.29, 1.82) is 0 Å². The van der Waals surface area contributed by atoms with Crippen LogP contribution in [0.1, 0.15) is 46.1 Å². The molecular weight excluding hydrogens is 496 g/mol. The average molecular weight is 527 g/mol. The number of hydrogen-bond acceptors (Lipinski definition) is 10. The lowest BCUT2D eigenvalue weighted by Gasteiger charge is -2.42. The summed E-state index contributed by atoms with van der Waals surface area (Å²) in [5.41, 5.74) is 0.706. The molecule has 0 saturated carbocycles. The van der Waals surface area contributed by atoms with E-state index in [0.717, 1.165) is 11.3 Å². The molecule has 0 radical (unpaired) electrons. The van der Waals surface area contributed by atoms with Crippen LogP contribution in [0, 0.1) is 0 Å². The second-order valence-corrected chi connectivity index (χ2v) is 11.6. The van der Waals surface area contributed by atoms with E-state index in [1.165, 1.54) is 20.8 Å². The lowest BCUT2D eigenvalue weighted by atomic mass is 9.96. The number of amides is 2. The Morgan fingerprint density at radius 3 is 2.42 bits per heavy atom. The highest BCUT2D eigenvalue weighted by Gasteiger charge is 2.73. The summed E-state index contributed by atoms with van der Waals surface area (Å²) in [6.07, 6.45) is -1.97. The van der Waals surface area contributed by atoms with Gasteiger partial charge in [-0.3, -0.25) is 4.79 Å². The maximum Gasteiger partial charge on any atom is 0.511 e. The molecule has 2 amide bonds. The fraction of sp³-hybridized carbons (Fsp3) is 0.565. The number of rotatable bonds is 9. The molecule has 2 aliphatic rings. The summed E-state index contributed by atoms with van der Waals surface area (Å²) in [7, 11) is -4.13. The van der Waals surface area contributed by atoms with E-state index < -0.39 is 62.5 Å². The molecule has 2 heterocycles. The molecule has 0 aliphatic carbocycles. The number of alkyl carbamates (subject to hydrolysis) is 1. The van der Waals surface area contributed by atoms with Crippen LogP contribution in [0.5, 0.6) is 0 Å². The van der Waals surface area contributed by atoms with Crippen LogP contribution in [0.15, 0.2) is 30.3 Å². The van der Waals surface area contributed by atoms with E-state index in [0.29, 0.717) is 12.0 Å². The van der Waals surface area contributed by atoms with Gasteiger partial charge in [0.05, 0.1) is 6.61 Å². The Morgan fingerprint density at radius 1 is 1.11 bits per heavy atom. The number of β-lactam (4-membered cyclic amide) rings is 1. The summed E-state index contributed by atoms with van der Waals surface area (Å²) in [5, 5.41) is 0.807. The molecule has 2 saturated heterocycles. The molecule has 3 rings (SSSR count). The van der Waals surface area contributed by atoms with Crippen molar-refractivity contribution in [3.8, 4) is 0 Å². The molecular formula is C23H30N2O10S. The molecule has 12 nitrogen and oxygen atoms in total. The highest BCUT2D eigenvalue weighted by molar-refractivity contribution is 7.94. The summed E-state index contributed by atoms with van der Waals surface area (Å²) in [6.45, 7) is 5.81. The van der Waals surface area contributed by atoms with Gasteiger partial charge in [-0.2, -0.15) is 0 Å². The summed E-state index contributed by atoms with van der Waals surface area (Å²) < 4.78 is 44.6. The molecule has 198 valence electrons. The highest BCUT2D eigenvalue weighted by atomic mass is 32.2. The van der Waals surface area contributed by atoms with Gasteiger partial charge < -0.3 is 29.2 Å². The smallest absolute Gasteiger partial charge is 0.445 e. The number of nitrogens with one attached hydrogen (secondary N) is 1. The van der Waals surface area contributed by atoms with E-state index in [9.17, 15) is 27.6 Å². The van der Waals surface area contributed by atoms with Gasteiger partial charge in [-0.1, -0.05) is 43.7 Å². The third kappa shape index (κ3) is 5.25. The third-order valence-corrected chi connectivity index (χ3v) is 8.86. The van der Waals surface area contributed by atoms with Gasteiger partial charge in [0.2, 0.25) is 12.2 Å². The molecule has 13 heteroatoms. The fourth-order valence-corrected chi connectivity index (χ4v) is 6.25. The van der Waals surface area contributed by atoms with Crippen LogP contribution in [-0.4, -0.2) is 72.5 Å². The van der Waals surface area contributed by atoms with E-state index in [1.807, 2.05) is 6.92 Å². The number of sulfone groups is 1. The zero-order valence-corrected chi connectivity index (χ0v) is 21.3. The minimum atomic E-state index is -4.13. The van der Waals surface area contributed by atoms with Gasteiger partial charge in [-0.25, -0.2) is 22.8 Å². The number of esters is 1. The zero-order chi connectivity index (χ0) is 26.7. The largest absolute Gasteiger partial charge is 0.511 e. The van der Waals surface area contributed by atoms with Crippen molar-refractivity contribution in [3.05, 3.63) is 35.9 Å². The van der Waals surface area contributed by atoms with Crippen LogP contribution in [0.4, 0.5) is 9.59 Å². The number of carbonyl (C=O) groups excluding carboxylic acids is 4. The quantitative estimate of drug-likeness (QED) is 0.166. The molecule has 2 fully saturated rings. The van der Waals surface area contributed by atoms with Gasteiger partial charge in [0.15, 0.2) is 15.2 Å². The third-order valence-electron chi connectivity index (χ3n) is 6.04. The van der Waals surface area contributed by atoms with Crippen molar-refractivity contribution in [3.63, 3.8) is 0 Å². The minimum Gasteiger partial charge on any atom is -0.445 e. The normalized spacial score (nSPS) is 24.1. The predicted octanol–water partition coefficient (Wildman–Crippen LogP) is 1.87. The molecule has 1 unspecified atom stereocenters. The first-order valence-electron chi connectivity index (χ1n) is 11.5. The number of carbonyl (C=O) groups is 4. The first-order chi connectivity index (χ1) is 16.9. The Hall–Kier alpha value is -3.35. The highest BCUT2D eigenvalue weighted by Crippen LogP contribution is 2.46. The molecule has 36 heavy (non-hydrogen) atoms. The van der Waals surface area contributed by atoms with Gasteiger partial charge >= 0.3 is 18.2 Å². The number of hydrogen-bond donors (Lipinski definition) is 1. The van der Waals surface area contributed by atoms with Crippen LogP contribution in [0.3, 0.4) is 0 Å². The Balaban J connectivity index is 1.64. The number of unbranched alkanes of at least 4 members (excludes halogenated alkanes) is 1. The standard InChI is InChI=1S/C23H30N2O10S/c1-5-6-12-32-22(29)35-14(2)34-20(27)17-23(3,4)36(30,31)19-16(18(26)25(17)19)24-21(28)33-13-15-10-8-7-9-11-15/h7-11,14,16-17,19H,5-6,12-13H2,1-4H3,(H,24,28)/t14?,16-,17+,19-/m1/s1. The van der Waals surface area contributed by atoms with Crippen molar-refractivity contribution >= 4 is 34.0 Å². The Kier molecular flexibility index (Phi) is 8.12. The van der Waals surface area contributed by atoms with Gasteiger partial charge in [-0.05, 0) is 25.8 Å². The first kappa shape index (κ1) is 27.2. The van der Waals surface area contributed by atoms with Gasteiger partial charge in [0.25, 0.3) is 0 Å². The topological polar surface area (TPSA) is 155 Å². The molecule has 0 spiro atoms. The average Bonchev–Trinajstić information content (AvgIpc) is 2.96. The van der Waals surface area contributed by atoms with E-state index in [4.69, 9.17) is 18.9 Å². The number of ether oxygens (including phenoxy) is 4. The van der Waals surface area contributed by atoms with Crippen LogP contribution in [-0.2, 0) is 45.0 Å². The lowest BCUT2D eigenvalue weighted by molar-refractivity contribution is -0.180. The number of nitrogens with zero attached hydrogens (tertiary/aromatic N) is 1. The van der Waals surface area contributed by atoms with Crippen molar-refractivity contribution in [1.82, 2.24) is 10.2 Å². The van der Waals surface area contributed by atoms with Crippen LogP contribution < -0.4 is 5.32 Å². The summed E-state index contributed by atoms with van der Waals surface area (Å²) in [5.74, 6) is -1.85. The first-order valence-corrected chi connectivity index (χ1v) is 13.0. The Bertz CT molecular complexity index is 1110. The summed E-state index contributed by atoms with van der Waals surface area (Å²) in [4.78, 5) is 50.5. The second kappa shape index (κ2) is 10.7. The maximum atomic E-state index is 13.2. The lowest BCUT2D eigenvalue weighted by Crippen LogP contribution is -2.72. The molecule has 4 atom stereocenters. The number of benzene rings is 1. The fourth-order valence-electron chi connectivity index (χ4n) is 4.03. The van der Waals surface area contributed by atoms with E-state index >= 15 is 0 Å². The van der Waals surface area contributed by atoms with Gasteiger partial charge in [0.1, 0.15) is 23.4 Å². The van der Waals surface area contributed by atoms with Crippen molar-refractivity contribution in [2.24, 2.45) is 0 Å². The molecule has 0 bridgehead atoms. The zero-order valence-electron chi connectivity index (χ0n) is 20.5. The van der Waals surface area contributed by atoms with E-state index in [2.05, 4.69) is 5.32 Å². The molecule has 1 aromatic rings.